The SMILES string of the molecule is CCCOC1CCCC(C2CCC(C3CCC(CCC)CC3)CC2)C1. The lowest BCUT2D eigenvalue weighted by Gasteiger charge is -2.41. The molecule has 3 aliphatic rings. The summed E-state index contributed by atoms with van der Waals surface area (Å²) in [6, 6.07) is 0. The monoisotopic (exact) mass is 348 g/mol. The second-order valence-electron chi connectivity index (χ2n) is 9.66. The molecule has 0 aliphatic heterocycles. The zero-order valence-corrected chi connectivity index (χ0v) is 17.2. The van der Waals surface area contributed by atoms with Crippen LogP contribution in [0.2, 0.25) is 0 Å². The van der Waals surface area contributed by atoms with Crippen LogP contribution in [0.3, 0.4) is 0 Å². The van der Waals surface area contributed by atoms with Gasteiger partial charge in [-0.25, -0.2) is 0 Å². The molecule has 0 spiro atoms. The molecule has 0 aromatic heterocycles. The van der Waals surface area contributed by atoms with Crippen molar-refractivity contribution in [3.05, 3.63) is 0 Å². The van der Waals surface area contributed by atoms with Crippen molar-refractivity contribution in [3.63, 3.8) is 0 Å². The van der Waals surface area contributed by atoms with Gasteiger partial charge in [0.1, 0.15) is 0 Å². The van der Waals surface area contributed by atoms with Crippen molar-refractivity contribution in [2.24, 2.45) is 29.6 Å². The van der Waals surface area contributed by atoms with Crippen molar-refractivity contribution in [1.82, 2.24) is 0 Å². The van der Waals surface area contributed by atoms with Gasteiger partial charge in [0.25, 0.3) is 0 Å². The molecule has 2 atom stereocenters. The Hall–Kier alpha value is -0.0400. The smallest absolute Gasteiger partial charge is 0.0577 e. The zero-order valence-electron chi connectivity index (χ0n) is 17.2. The van der Waals surface area contributed by atoms with Gasteiger partial charge in [0.2, 0.25) is 0 Å². The second kappa shape index (κ2) is 10.3. The zero-order chi connectivity index (χ0) is 17.5. The van der Waals surface area contributed by atoms with Crippen molar-refractivity contribution in [2.75, 3.05) is 6.61 Å². The molecular weight excluding hydrogens is 304 g/mol. The largest absolute Gasteiger partial charge is 0.378 e. The molecule has 3 saturated carbocycles. The molecule has 0 radical (unpaired) electrons. The van der Waals surface area contributed by atoms with Crippen molar-refractivity contribution in [3.8, 4) is 0 Å². The first kappa shape index (κ1) is 19.7. The molecule has 1 nitrogen and oxygen atoms in total. The molecule has 0 heterocycles. The Morgan fingerprint density at radius 2 is 1.24 bits per heavy atom. The highest BCUT2D eigenvalue weighted by molar-refractivity contribution is 4.86. The standard InChI is InChI=1S/C24H44O/c1-3-6-19-9-11-20(12-10-19)21-13-15-22(16-14-21)23-7-5-8-24(18-23)25-17-4-2/h19-24H,3-18H2,1-2H3. The van der Waals surface area contributed by atoms with Crippen LogP contribution >= 0.6 is 0 Å². The van der Waals surface area contributed by atoms with Crippen molar-refractivity contribution >= 4 is 0 Å². The van der Waals surface area contributed by atoms with E-state index in [1.54, 1.807) is 25.7 Å². The normalized spacial score (nSPS) is 40.1. The molecule has 2 unspecified atom stereocenters. The third-order valence-corrected chi connectivity index (χ3v) is 7.96. The van der Waals surface area contributed by atoms with E-state index in [4.69, 9.17) is 4.74 Å². The Morgan fingerprint density at radius 1 is 0.640 bits per heavy atom. The van der Waals surface area contributed by atoms with Gasteiger partial charge in [-0.3, -0.25) is 0 Å². The maximum absolute atomic E-state index is 6.10. The van der Waals surface area contributed by atoms with Gasteiger partial charge in [-0.05, 0) is 93.8 Å². The first-order valence-electron chi connectivity index (χ1n) is 11.9. The fraction of sp³-hybridized carbons (Fsp3) is 1.00. The fourth-order valence-corrected chi connectivity index (χ4v) is 6.49. The van der Waals surface area contributed by atoms with Crippen molar-refractivity contribution in [2.45, 2.75) is 116 Å². The fourth-order valence-electron chi connectivity index (χ4n) is 6.49. The Labute approximate surface area is 157 Å². The van der Waals surface area contributed by atoms with Gasteiger partial charge in [-0.1, -0.05) is 46.0 Å². The molecule has 0 N–H and O–H groups in total. The molecule has 3 rings (SSSR count). The first-order chi connectivity index (χ1) is 12.3. The van der Waals surface area contributed by atoms with Crippen LogP contribution in [0.1, 0.15) is 110 Å². The van der Waals surface area contributed by atoms with E-state index in [0.29, 0.717) is 6.10 Å². The summed E-state index contributed by atoms with van der Waals surface area (Å²) < 4.78 is 6.10. The summed E-state index contributed by atoms with van der Waals surface area (Å²) in [6.07, 6.45) is 22.6. The minimum absolute atomic E-state index is 0.588. The molecule has 25 heavy (non-hydrogen) atoms. The van der Waals surface area contributed by atoms with Gasteiger partial charge in [-0.15, -0.1) is 0 Å². The highest BCUT2D eigenvalue weighted by Crippen LogP contribution is 2.45. The van der Waals surface area contributed by atoms with Gasteiger partial charge >= 0.3 is 0 Å². The van der Waals surface area contributed by atoms with Crippen LogP contribution in [0.5, 0.6) is 0 Å². The van der Waals surface area contributed by atoms with E-state index in [0.717, 1.165) is 36.2 Å². The quantitative estimate of drug-likeness (QED) is 0.466. The molecule has 146 valence electrons. The Bertz CT molecular complexity index is 349. The van der Waals surface area contributed by atoms with E-state index in [-0.39, 0.29) is 0 Å². The van der Waals surface area contributed by atoms with E-state index in [9.17, 15) is 0 Å². The van der Waals surface area contributed by atoms with E-state index >= 15 is 0 Å². The van der Waals surface area contributed by atoms with Gasteiger partial charge in [0, 0.05) is 6.61 Å². The van der Waals surface area contributed by atoms with Crippen molar-refractivity contribution in [1.29, 1.82) is 0 Å². The number of rotatable bonds is 7. The molecule has 0 saturated heterocycles. The number of hydrogen-bond donors (Lipinski definition) is 0. The lowest BCUT2D eigenvalue weighted by Crippen LogP contribution is -2.32. The average molecular weight is 349 g/mol. The molecule has 3 fully saturated rings. The average Bonchev–Trinajstić information content (AvgIpc) is 2.68. The summed E-state index contributed by atoms with van der Waals surface area (Å²) in [6.45, 7) is 5.57. The van der Waals surface area contributed by atoms with E-state index in [2.05, 4.69) is 13.8 Å². The summed E-state index contributed by atoms with van der Waals surface area (Å²) in [4.78, 5) is 0. The summed E-state index contributed by atoms with van der Waals surface area (Å²) in [5, 5.41) is 0. The molecule has 0 amide bonds. The van der Waals surface area contributed by atoms with E-state index in [1.165, 1.54) is 70.6 Å². The van der Waals surface area contributed by atoms with Crippen LogP contribution in [0, 0.1) is 29.6 Å². The Morgan fingerprint density at radius 3 is 1.84 bits per heavy atom. The molecular formula is C24H44O. The van der Waals surface area contributed by atoms with E-state index < -0.39 is 0 Å². The predicted molar refractivity (Wildman–Crippen MR) is 108 cm³/mol. The highest BCUT2D eigenvalue weighted by Gasteiger charge is 2.35. The van der Waals surface area contributed by atoms with Gasteiger partial charge < -0.3 is 4.74 Å². The minimum atomic E-state index is 0.588. The molecule has 3 aliphatic carbocycles. The summed E-state index contributed by atoms with van der Waals surface area (Å²) in [5.74, 6) is 5.24. The van der Waals surface area contributed by atoms with Crippen LogP contribution in [0.25, 0.3) is 0 Å². The molecule has 0 bridgehead atoms. The summed E-state index contributed by atoms with van der Waals surface area (Å²) in [5.41, 5.74) is 0. The van der Waals surface area contributed by atoms with Gasteiger partial charge in [-0.2, -0.15) is 0 Å². The second-order valence-corrected chi connectivity index (χ2v) is 9.66. The topological polar surface area (TPSA) is 9.23 Å². The lowest BCUT2D eigenvalue weighted by atomic mass is 9.65. The van der Waals surface area contributed by atoms with Crippen LogP contribution in [-0.2, 0) is 4.74 Å². The minimum Gasteiger partial charge on any atom is -0.378 e. The highest BCUT2D eigenvalue weighted by atomic mass is 16.5. The van der Waals surface area contributed by atoms with Crippen LogP contribution < -0.4 is 0 Å². The Kier molecular flexibility index (Phi) is 8.15. The Balaban J connectivity index is 1.38. The molecule has 1 heteroatoms. The predicted octanol–water partition coefficient (Wildman–Crippen LogP) is 7.38. The molecule has 0 aromatic rings. The van der Waals surface area contributed by atoms with Gasteiger partial charge in [0.05, 0.1) is 6.10 Å². The van der Waals surface area contributed by atoms with Crippen LogP contribution in [0.4, 0.5) is 0 Å². The molecule has 0 aromatic carbocycles. The number of hydrogen-bond acceptors (Lipinski definition) is 1. The van der Waals surface area contributed by atoms with Gasteiger partial charge in [0.15, 0.2) is 0 Å². The van der Waals surface area contributed by atoms with Crippen molar-refractivity contribution < 1.29 is 4.74 Å². The maximum atomic E-state index is 6.10. The van der Waals surface area contributed by atoms with E-state index in [1.807, 2.05) is 0 Å². The summed E-state index contributed by atoms with van der Waals surface area (Å²) in [7, 11) is 0. The van der Waals surface area contributed by atoms with Crippen LogP contribution in [-0.4, -0.2) is 12.7 Å². The first-order valence-corrected chi connectivity index (χ1v) is 11.9. The summed E-state index contributed by atoms with van der Waals surface area (Å²) >= 11 is 0. The maximum Gasteiger partial charge on any atom is 0.0577 e. The lowest BCUT2D eigenvalue weighted by molar-refractivity contribution is -0.00367. The number of ether oxygens (including phenoxy) is 1. The third-order valence-electron chi connectivity index (χ3n) is 7.96. The van der Waals surface area contributed by atoms with Crippen LogP contribution in [0.15, 0.2) is 0 Å². The third kappa shape index (κ3) is 5.72.